The van der Waals surface area contributed by atoms with E-state index in [4.69, 9.17) is 14.8 Å². The van der Waals surface area contributed by atoms with E-state index in [-0.39, 0.29) is 31.9 Å². The molecule has 4 aromatic carbocycles. The first kappa shape index (κ1) is 34.4. The Bertz CT molecular complexity index is 2250. The van der Waals surface area contributed by atoms with Crippen molar-refractivity contribution in [3.63, 3.8) is 0 Å². The third kappa shape index (κ3) is 7.28. The Balaban J connectivity index is 0.00000417. The number of fused-ring (bicyclic) bond motifs is 3. The first-order chi connectivity index (χ1) is 22.9. The normalized spacial score (nSPS) is 12.0. The third-order valence-electron chi connectivity index (χ3n) is 8.40. The molecule has 0 atom stereocenters. The topological polar surface area (TPSA) is 44.9 Å². The molecule has 0 amide bonds. The van der Waals surface area contributed by atoms with Crippen LogP contribution in [0, 0.1) is 29.9 Å². The standard InChI is InChI=1S/C43H42N4O.Pt/c1-29-22-23-44-40(24-29)46-37-19-12-11-18-34(37)35-21-20-33(26-38(35)46)48-32-17-13-16-31(25-32)47-39(28-43(5,6)7)41(30-14-9-8-10-15-30)36(45-47)27-42(2,3)4;/h8-24H,27-28H2,1-7H3;/q-2;+2. The molecule has 6 heteroatoms. The van der Waals surface area contributed by atoms with Crippen molar-refractivity contribution in [3.05, 3.63) is 132 Å². The van der Waals surface area contributed by atoms with E-state index in [9.17, 15) is 0 Å². The Labute approximate surface area is 304 Å². The number of aryl methyl sites for hydroxylation is 1. The number of aromatic nitrogens is 4. The first-order valence-electron chi connectivity index (χ1n) is 16.7. The Kier molecular flexibility index (Phi) is 9.44. The van der Waals surface area contributed by atoms with Gasteiger partial charge in [-0.15, -0.1) is 35.7 Å². The van der Waals surface area contributed by atoms with E-state index >= 15 is 0 Å². The second-order valence-corrected chi connectivity index (χ2v) is 15.2. The van der Waals surface area contributed by atoms with Crippen LogP contribution in [0.2, 0.25) is 0 Å². The maximum Gasteiger partial charge on any atom is 2.00 e. The van der Waals surface area contributed by atoms with Crippen LogP contribution in [0.1, 0.15) is 58.5 Å². The largest absolute Gasteiger partial charge is 2.00 e. The SMILES string of the molecule is Cc1ccnc(-n2c3[c-]c(Oc4[c-]c(-n5nc(CC(C)(C)C)c(-c6ccccc6)c5CC(C)(C)C)ccc4)ccc3c3ccccc32)c1.[Pt+2]. The van der Waals surface area contributed by atoms with Crippen LogP contribution in [-0.4, -0.2) is 19.3 Å². The Hall–Kier alpha value is -4.47. The Morgan fingerprint density at radius 1 is 0.714 bits per heavy atom. The smallest absolute Gasteiger partial charge is 0.509 e. The van der Waals surface area contributed by atoms with Gasteiger partial charge in [-0.25, -0.2) is 4.98 Å². The van der Waals surface area contributed by atoms with Gasteiger partial charge in [0.1, 0.15) is 5.82 Å². The molecule has 7 aromatic rings. The summed E-state index contributed by atoms with van der Waals surface area (Å²) in [5.41, 5.74) is 8.81. The van der Waals surface area contributed by atoms with Crippen LogP contribution in [-0.2, 0) is 33.9 Å². The molecule has 49 heavy (non-hydrogen) atoms. The van der Waals surface area contributed by atoms with Gasteiger partial charge in [0, 0.05) is 28.8 Å². The molecule has 0 radical (unpaired) electrons. The Morgan fingerprint density at radius 2 is 1.43 bits per heavy atom. The summed E-state index contributed by atoms with van der Waals surface area (Å²) < 4.78 is 10.8. The number of para-hydroxylation sites is 1. The number of benzene rings is 4. The summed E-state index contributed by atoms with van der Waals surface area (Å²) in [6.07, 6.45) is 3.57. The van der Waals surface area contributed by atoms with E-state index in [2.05, 4.69) is 143 Å². The summed E-state index contributed by atoms with van der Waals surface area (Å²) in [5, 5.41) is 7.55. The average Bonchev–Trinajstić information content (AvgIpc) is 3.54. The molecule has 0 aliphatic carbocycles. The fourth-order valence-corrected chi connectivity index (χ4v) is 6.48. The summed E-state index contributed by atoms with van der Waals surface area (Å²) in [5.74, 6) is 2.07. The summed E-state index contributed by atoms with van der Waals surface area (Å²) in [7, 11) is 0. The molecule has 0 spiro atoms. The van der Waals surface area contributed by atoms with E-state index in [0.29, 0.717) is 11.5 Å². The number of rotatable bonds is 7. The van der Waals surface area contributed by atoms with Crippen LogP contribution in [0.5, 0.6) is 11.5 Å². The molecule has 0 aliphatic rings. The van der Waals surface area contributed by atoms with Crippen molar-refractivity contribution in [1.29, 1.82) is 0 Å². The summed E-state index contributed by atoms with van der Waals surface area (Å²) in [6.45, 7) is 15.7. The molecule has 0 fully saturated rings. The molecular weight excluding hydrogens is 784 g/mol. The second-order valence-electron chi connectivity index (χ2n) is 15.2. The molecule has 250 valence electrons. The monoisotopic (exact) mass is 825 g/mol. The van der Waals surface area contributed by atoms with Crippen molar-refractivity contribution >= 4 is 21.8 Å². The van der Waals surface area contributed by atoms with Gasteiger partial charge in [0.2, 0.25) is 0 Å². The number of nitrogens with zero attached hydrogens (tertiary/aromatic N) is 4. The van der Waals surface area contributed by atoms with Gasteiger partial charge >= 0.3 is 21.1 Å². The zero-order chi connectivity index (χ0) is 33.6. The maximum atomic E-state index is 6.52. The first-order valence-corrected chi connectivity index (χ1v) is 16.7. The molecule has 3 aromatic heterocycles. The summed E-state index contributed by atoms with van der Waals surface area (Å²) in [6, 6.07) is 40.4. The molecule has 0 saturated carbocycles. The van der Waals surface area contributed by atoms with Crippen LogP contribution >= 0.6 is 0 Å². The fraction of sp³-hybridized carbons (Fsp3) is 0.256. The molecule has 0 aliphatic heterocycles. The van der Waals surface area contributed by atoms with E-state index in [1.54, 1.807) is 0 Å². The predicted octanol–water partition coefficient (Wildman–Crippen LogP) is 10.9. The molecule has 3 heterocycles. The molecule has 5 nitrogen and oxygen atoms in total. The Morgan fingerprint density at radius 3 is 2.16 bits per heavy atom. The number of pyridine rings is 1. The van der Waals surface area contributed by atoms with Gasteiger partial charge in [-0.3, -0.25) is 4.68 Å². The van der Waals surface area contributed by atoms with Gasteiger partial charge in [0.25, 0.3) is 0 Å². The van der Waals surface area contributed by atoms with Gasteiger partial charge < -0.3 is 9.30 Å². The maximum absolute atomic E-state index is 6.52. The van der Waals surface area contributed by atoms with Gasteiger partial charge in [-0.05, 0) is 71.0 Å². The molecular formula is C43H42N4OPt. The van der Waals surface area contributed by atoms with Gasteiger partial charge in [-0.1, -0.05) is 95.6 Å². The van der Waals surface area contributed by atoms with Crippen LogP contribution in [0.25, 0.3) is 44.4 Å². The van der Waals surface area contributed by atoms with Gasteiger partial charge in [-0.2, -0.15) is 17.2 Å². The van der Waals surface area contributed by atoms with Crippen molar-refractivity contribution < 1.29 is 25.8 Å². The summed E-state index contributed by atoms with van der Waals surface area (Å²) >= 11 is 0. The third-order valence-corrected chi connectivity index (χ3v) is 8.40. The predicted molar refractivity (Wildman–Crippen MR) is 196 cm³/mol. The van der Waals surface area contributed by atoms with Gasteiger partial charge in [0.15, 0.2) is 0 Å². The zero-order valence-corrected chi connectivity index (χ0v) is 31.5. The molecule has 0 saturated heterocycles. The quantitative estimate of drug-likeness (QED) is 0.150. The fourth-order valence-electron chi connectivity index (χ4n) is 6.48. The van der Waals surface area contributed by atoms with Gasteiger partial charge in [0.05, 0.1) is 11.4 Å². The van der Waals surface area contributed by atoms with E-state index in [1.807, 2.05) is 30.5 Å². The van der Waals surface area contributed by atoms with E-state index in [1.165, 1.54) is 16.8 Å². The molecule has 0 unspecified atom stereocenters. The molecule has 0 bridgehead atoms. The minimum absolute atomic E-state index is 0. The zero-order valence-electron chi connectivity index (χ0n) is 29.2. The minimum atomic E-state index is 0. The van der Waals surface area contributed by atoms with Crippen LogP contribution in [0.3, 0.4) is 0 Å². The summed E-state index contributed by atoms with van der Waals surface area (Å²) in [4.78, 5) is 4.71. The van der Waals surface area contributed by atoms with E-state index < -0.39 is 0 Å². The van der Waals surface area contributed by atoms with Crippen molar-refractivity contribution in [2.24, 2.45) is 10.8 Å². The number of ether oxygens (including phenoxy) is 1. The second kappa shape index (κ2) is 13.4. The van der Waals surface area contributed by atoms with E-state index in [0.717, 1.165) is 57.4 Å². The van der Waals surface area contributed by atoms with Crippen molar-refractivity contribution in [1.82, 2.24) is 19.3 Å². The molecule has 0 N–H and O–H groups in total. The van der Waals surface area contributed by atoms with Crippen LogP contribution in [0.15, 0.2) is 103 Å². The van der Waals surface area contributed by atoms with Crippen LogP contribution in [0.4, 0.5) is 0 Å². The van der Waals surface area contributed by atoms with Crippen molar-refractivity contribution in [3.8, 4) is 34.1 Å². The molecule has 7 rings (SSSR count). The number of hydrogen-bond donors (Lipinski definition) is 0. The van der Waals surface area contributed by atoms with Crippen LogP contribution < -0.4 is 4.74 Å². The minimum Gasteiger partial charge on any atom is -0.509 e. The number of hydrogen-bond acceptors (Lipinski definition) is 3. The van der Waals surface area contributed by atoms with Crippen molar-refractivity contribution in [2.75, 3.05) is 0 Å². The van der Waals surface area contributed by atoms with Crippen molar-refractivity contribution in [2.45, 2.75) is 61.3 Å². The average molecular weight is 826 g/mol.